The quantitative estimate of drug-likeness (QED) is 0.742. The maximum atomic E-state index is 5.38. The van der Waals surface area contributed by atoms with Crippen LogP contribution >= 0.6 is 27.7 Å². The van der Waals surface area contributed by atoms with Gasteiger partial charge < -0.3 is 14.8 Å². The molecular formula is C16H18BrNO2S. The van der Waals surface area contributed by atoms with Crippen molar-refractivity contribution in [3.8, 4) is 11.5 Å². The van der Waals surface area contributed by atoms with Crippen LogP contribution in [-0.2, 0) is 6.54 Å². The topological polar surface area (TPSA) is 30.5 Å². The number of halogens is 1. The van der Waals surface area contributed by atoms with Gasteiger partial charge in [-0.2, -0.15) is 0 Å². The van der Waals surface area contributed by atoms with Gasteiger partial charge in [0.05, 0.1) is 14.2 Å². The molecule has 0 aliphatic heterocycles. The van der Waals surface area contributed by atoms with Crippen LogP contribution in [0.5, 0.6) is 11.5 Å². The Morgan fingerprint density at radius 3 is 2.24 bits per heavy atom. The van der Waals surface area contributed by atoms with Gasteiger partial charge in [-0.25, -0.2) is 0 Å². The summed E-state index contributed by atoms with van der Waals surface area (Å²) < 4.78 is 11.8. The highest BCUT2D eigenvalue weighted by Crippen LogP contribution is 2.34. The third-order valence-corrected chi connectivity index (χ3v) is 4.46. The minimum atomic E-state index is 0.734. The van der Waals surface area contributed by atoms with Crippen LogP contribution in [-0.4, -0.2) is 20.5 Å². The summed E-state index contributed by atoms with van der Waals surface area (Å²) in [6.07, 6.45) is 2.06. The van der Waals surface area contributed by atoms with Gasteiger partial charge in [0.1, 0.15) is 0 Å². The van der Waals surface area contributed by atoms with Crippen LogP contribution in [0.4, 0.5) is 5.69 Å². The second-order valence-corrected chi connectivity index (χ2v) is 6.14. The van der Waals surface area contributed by atoms with E-state index in [2.05, 4.69) is 27.5 Å². The van der Waals surface area contributed by atoms with Gasteiger partial charge in [-0.1, -0.05) is 15.9 Å². The summed E-state index contributed by atoms with van der Waals surface area (Å²) in [5.74, 6) is 1.51. The summed E-state index contributed by atoms with van der Waals surface area (Å²) in [5.41, 5.74) is 2.27. The lowest BCUT2D eigenvalue weighted by atomic mass is 10.2. The normalized spacial score (nSPS) is 10.3. The van der Waals surface area contributed by atoms with Crippen LogP contribution < -0.4 is 14.8 Å². The Morgan fingerprint density at radius 2 is 1.67 bits per heavy atom. The van der Waals surface area contributed by atoms with Gasteiger partial charge in [-0.05, 0) is 48.2 Å². The second-order valence-electron chi connectivity index (χ2n) is 4.38. The van der Waals surface area contributed by atoms with E-state index in [0.29, 0.717) is 0 Å². The molecule has 0 bridgehead atoms. The van der Waals surface area contributed by atoms with Crippen LogP contribution in [0, 0.1) is 0 Å². The second kappa shape index (κ2) is 7.61. The van der Waals surface area contributed by atoms with Crippen molar-refractivity contribution in [2.75, 3.05) is 25.8 Å². The highest BCUT2D eigenvalue weighted by molar-refractivity contribution is 9.10. The minimum absolute atomic E-state index is 0.734. The van der Waals surface area contributed by atoms with Gasteiger partial charge in [0.2, 0.25) is 0 Å². The fraction of sp³-hybridized carbons (Fsp3) is 0.250. The zero-order valence-corrected chi connectivity index (χ0v) is 14.7. The Morgan fingerprint density at radius 1 is 1.05 bits per heavy atom. The molecule has 0 amide bonds. The van der Waals surface area contributed by atoms with E-state index in [0.717, 1.165) is 28.2 Å². The summed E-state index contributed by atoms with van der Waals surface area (Å²) in [5, 5.41) is 3.42. The highest BCUT2D eigenvalue weighted by atomic mass is 79.9. The van der Waals surface area contributed by atoms with Crippen molar-refractivity contribution >= 4 is 33.4 Å². The van der Waals surface area contributed by atoms with Gasteiger partial charge in [0.15, 0.2) is 11.5 Å². The van der Waals surface area contributed by atoms with Gasteiger partial charge in [-0.15, -0.1) is 11.8 Å². The van der Waals surface area contributed by atoms with E-state index >= 15 is 0 Å². The van der Waals surface area contributed by atoms with E-state index in [9.17, 15) is 0 Å². The van der Waals surface area contributed by atoms with Crippen LogP contribution in [0.15, 0.2) is 45.8 Å². The van der Waals surface area contributed by atoms with Gasteiger partial charge in [0.25, 0.3) is 0 Å². The van der Waals surface area contributed by atoms with Gasteiger partial charge in [0, 0.05) is 21.6 Å². The number of rotatable bonds is 6. The molecule has 2 aromatic rings. The van der Waals surface area contributed by atoms with Crippen molar-refractivity contribution in [3.63, 3.8) is 0 Å². The standard InChI is InChI=1S/C16H18BrNO2S/c1-19-14-8-11(16(21-3)9-15(14)20-2)10-18-13-6-4-12(17)5-7-13/h4-9,18H,10H2,1-3H3. The Hall–Kier alpha value is -1.33. The lowest BCUT2D eigenvalue weighted by molar-refractivity contribution is 0.353. The molecule has 0 heterocycles. The van der Waals surface area contributed by atoms with E-state index in [1.807, 2.05) is 36.4 Å². The largest absolute Gasteiger partial charge is 0.493 e. The average molecular weight is 368 g/mol. The first kappa shape index (κ1) is 16.0. The molecule has 0 saturated carbocycles. The molecule has 0 aromatic heterocycles. The predicted molar refractivity (Wildman–Crippen MR) is 92.8 cm³/mol. The molecule has 112 valence electrons. The fourth-order valence-electron chi connectivity index (χ4n) is 2.00. The first-order chi connectivity index (χ1) is 10.2. The number of anilines is 1. The molecule has 0 fully saturated rings. The SMILES string of the molecule is COc1cc(CNc2ccc(Br)cc2)c(SC)cc1OC. The molecule has 0 saturated heterocycles. The van der Waals surface area contributed by atoms with Crippen LogP contribution in [0.1, 0.15) is 5.56 Å². The molecule has 0 atom stereocenters. The van der Waals surface area contributed by atoms with E-state index in [4.69, 9.17) is 9.47 Å². The van der Waals surface area contributed by atoms with Crippen molar-refractivity contribution in [2.45, 2.75) is 11.4 Å². The Labute approximate surface area is 138 Å². The Bertz CT molecular complexity index is 602. The lowest BCUT2D eigenvalue weighted by Gasteiger charge is -2.14. The third-order valence-electron chi connectivity index (χ3n) is 3.11. The molecule has 5 heteroatoms. The fourth-order valence-corrected chi connectivity index (χ4v) is 2.88. The number of hydrogen-bond donors (Lipinski definition) is 1. The maximum absolute atomic E-state index is 5.38. The highest BCUT2D eigenvalue weighted by Gasteiger charge is 2.10. The van der Waals surface area contributed by atoms with E-state index in [-0.39, 0.29) is 0 Å². The first-order valence-electron chi connectivity index (χ1n) is 6.46. The molecule has 1 N–H and O–H groups in total. The zero-order chi connectivity index (χ0) is 15.2. The van der Waals surface area contributed by atoms with Crippen molar-refractivity contribution in [3.05, 3.63) is 46.4 Å². The smallest absolute Gasteiger partial charge is 0.161 e. The number of nitrogens with one attached hydrogen (secondary N) is 1. The summed E-state index contributed by atoms with van der Waals surface area (Å²) >= 11 is 5.14. The summed E-state index contributed by atoms with van der Waals surface area (Å²) in [6.45, 7) is 0.734. The molecule has 0 aliphatic rings. The molecular weight excluding hydrogens is 350 g/mol. The maximum Gasteiger partial charge on any atom is 0.161 e. The first-order valence-corrected chi connectivity index (χ1v) is 8.48. The van der Waals surface area contributed by atoms with Gasteiger partial charge in [-0.3, -0.25) is 0 Å². The number of benzene rings is 2. The summed E-state index contributed by atoms with van der Waals surface area (Å²) in [6, 6.07) is 12.2. The van der Waals surface area contributed by atoms with Crippen molar-refractivity contribution < 1.29 is 9.47 Å². The number of methoxy groups -OCH3 is 2. The molecule has 21 heavy (non-hydrogen) atoms. The predicted octanol–water partition coefficient (Wildman–Crippen LogP) is 4.80. The summed E-state index contributed by atoms with van der Waals surface area (Å²) in [7, 11) is 3.31. The van der Waals surface area contributed by atoms with Gasteiger partial charge >= 0.3 is 0 Å². The van der Waals surface area contributed by atoms with E-state index in [1.54, 1.807) is 26.0 Å². The molecule has 2 rings (SSSR count). The lowest BCUT2D eigenvalue weighted by Crippen LogP contribution is -2.02. The van der Waals surface area contributed by atoms with Crippen molar-refractivity contribution in [1.29, 1.82) is 0 Å². The molecule has 2 aromatic carbocycles. The Balaban J connectivity index is 2.20. The number of thioether (sulfide) groups is 1. The van der Waals surface area contributed by atoms with Crippen molar-refractivity contribution in [1.82, 2.24) is 0 Å². The van der Waals surface area contributed by atoms with Crippen LogP contribution in [0.3, 0.4) is 0 Å². The van der Waals surface area contributed by atoms with Crippen LogP contribution in [0.2, 0.25) is 0 Å². The number of hydrogen-bond acceptors (Lipinski definition) is 4. The third kappa shape index (κ3) is 4.08. The molecule has 0 unspecified atom stereocenters. The summed E-state index contributed by atoms with van der Waals surface area (Å²) in [4.78, 5) is 1.18. The molecule has 3 nitrogen and oxygen atoms in total. The Kier molecular flexibility index (Phi) is 5.82. The van der Waals surface area contributed by atoms with E-state index < -0.39 is 0 Å². The minimum Gasteiger partial charge on any atom is -0.493 e. The van der Waals surface area contributed by atoms with Crippen LogP contribution in [0.25, 0.3) is 0 Å². The number of ether oxygens (including phenoxy) is 2. The monoisotopic (exact) mass is 367 g/mol. The van der Waals surface area contributed by atoms with Crippen molar-refractivity contribution in [2.24, 2.45) is 0 Å². The zero-order valence-electron chi connectivity index (χ0n) is 12.3. The molecule has 0 radical (unpaired) electrons. The average Bonchev–Trinajstić information content (AvgIpc) is 2.53. The molecule has 0 spiro atoms. The molecule has 0 aliphatic carbocycles. The van der Waals surface area contributed by atoms with E-state index in [1.165, 1.54) is 10.5 Å².